The third-order valence-electron chi connectivity index (χ3n) is 4.57. The van der Waals surface area contributed by atoms with Crippen LogP contribution in [-0.4, -0.2) is 13.2 Å². The molecule has 1 aromatic rings. The van der Waals surface area contributed by atoms with Crippen LogP contribution in [0.25, 0.3) is 0 Å². The van der Waals surface area contributed by atoms with E-state index in [-0.39, 0.29) is 0 Å². The van der Waals surface area contributed by atoms with Gasteiger partial charge in [0.25, 0.3) is 0 Å². The van der Waals surface area contributed by atoms with E-state index in [9.17, 15) is 0 Å². The highest BCUT2D eigenvalue weighted by Gasteiger charge is 2.09. The summed E-state index contributed by atoms with van der Waals surface area (Å²) < 4.78 is 5.87. The molecule has 1 rings (SSSR count). The Kier molecular flexibility index (Phi) is 24.5. The molecule has 0 atom stereocenters. The van der Waals surface area contributed by atoms with Crippen LogP contribution in [0.15, 0.2) is 42.7 Å². The normalized spacial score (nSPS) is 9.82. The largest absolute Gasteiger partial charge is 0.496 e. The van der Waals surface area contributed by atoms with Crippen LogP contribution in [0.2, 0.25) is 0 Å². The Balaban J connectivity index is 0. The molecule has 0 unspecified atom stereocenters. The van der Waals surface area contributed by atoms with Gasteiger partial charge in [0.1, 0.15) is 0 Å². The van der Waals surface area contributed by atoms with E-state index in [0.29, 0.717) is 6.10 Å². The molecule has 0 fully saturated rings. The molecule has 0 amide bonds. The molecule has 28 heavy (non-hydrogen) atoms. The predicted octanol–water partition coefficient (Wildman–Crippen LogP) is 8.20. The van der Waals surface area contributed by atoms with Crippen LogP contribution in [0, 0.1) is 6.92 Å². The Morgan fingerprint density at radius 1 is 0.821 bits per heavy atom. The first-order chi connectivity index (χ1) is 13.6. The van der Waals surface area contributed by atoms with Gasteiger partial charge in [-0.3, -0.25) is 0 Å². The third kappa shape index (κ3) is 22.8. The quantitative estimate of drug-likeness (QED) is 0.256. The number of ether oxygens (including phenoxy) is 1. The number of aryl methyl sites for hydroxylation is 1. The summed E-state index contributed by atoms with van der Waals surface area (Å²) in [6.45, 7) is 12.5. The van der Waals surface area contributed by atoms with E-state index in [0.717, 1.165) is 5.76 Å². The summed E-state index contributed by atoms with van der Waals surface area (Å²) in [6.07, 6.45) is 16.4. The zero-order valence-electron chi connectivity index (χ0n) is 19.6. The molecule has 164 valence electrons. The molecule has 2 heteroatoms. The molecule has 0 aliphatic carbocycles. The Hall–Kier alpha value is -1.28. The monoisotopic (exact) mass is 391 g/mol. The van der Waals surface area contributed by atoms with Gasteiger partial charge < -0.3 is 10.5 Å². The maximum absolute atomic E-state index is 5.87. The van der Waals surface area contributed by atoms with Crippen LogP contribution in [0.5, 0.6) is 0 Å². The zero-order valence-corrected chi connectivity index (χ0v) is 19.6. The van der Waals surface area contributed by atoms with Gasteiger partial charge in [-0.25, -0.2) is 0 Å². The van der Waals surface area contributed by atoms with Crippen molar-refractivity contribution in [3.63, 3.8) is 0 Å². The summed E-state index contributed by atoms with van der Waals surface area (Å²) in [4.78, 5) is 0. The van der Waals surface area contributed by atoms with Crippen molar-refractivity contribution in [1.82, 2.24) is 0 Å². The lowest BCUT2D eigenvalue weighted by molar-refractivity contribution is 0.0974. The minimum atomic E-state index is 0.417. The van der Waals surface area contributed by atoms with Crippen molar-refractivity contribution in [1.29, 1.82) is 0 Å². The van der Waals surface area contributed by atoms with E-state index >= 15 is 0 Å². The molecule has 2 nitrogen and oxygen atoms in total. The number of rotatable bonds is 14. The average Bonchev–Trinajstić information content (AvgIpc) is 2.69. The molecule has 0 radical (unpaired) electrons. The van der Waals surface area contributed by atoms with E-state index in [4.69, 9.17) is 4.74 Å². The molecule has 0 heterocycles. The maximum atomic E-state index is 5.87. The van der Waals surface area contributed by atoms with Crippen LogP contribution in [0.1, 0.15) is 103 Å². The summed E-state index contributed by atoms with van der Waals surface area (Å²) in [5, 5.41) is 0. The zero-order chi connectivity index (χ0) is 21.5. The molecule has 0 aromatic heterocycles. The second-order valence-electron chi connectivity index (χ2n) is 7.50. The standard InChI is InChI=1S/C18H36O.C7H8.CH5N/c1-5-7-9-11-13-15-18(19-17(3)4)16-14-12-10-8-6-2;1-7-5-3-2-4-6-7;1-2/h18H,3,5-16H2,1-2,4H3;2-6H,1H3;2H2,1H3. The van der Waals surface area contributed by atoms with E-state index < -0.39 is 0 Å². The second-order valence-corrected chi connectivity index (χ2v) is 7.50. The van der Waals surface area contributed by atoms with E-state index in [2.05, 4.69) is 45.2 Å². The van der Waals surface area contributed by atoms with Crippen LogP contribution in [-0.2, 0) is 4.74 Å². The Morgan fingerprint density at radius 3 is 1.57 bits per heavy atom. The van der Waals surface area contributed by atoms with Gasteiger partial charge in [-0.05, 0) is 46.6 Å². The average molecular weight is 392 g/mol. The molecule has 2 N–H and O–H groups in total. The van der Waals surface area contributed by atoms with E-state index in [1.165, 1.54) is 89.7 Å². The van der Waals surface area contributed by atoms with Gasteiger partial charge >= 0.3 is 0 Å². The number of benzene rings is 1. The highest BCUT2D eigenvalue weighted by molar-refractivity contribution is 5.11. The minimum Gasteiger partial charge on any atom is -0.496 e. The van der Waals surface area contributed by atoms with Gasteiger partial charge in [0.05, 0.1) is 11.9 Å². The summed E-state index contributed by atoms with van der Waals surface area (Å²) in [5.74, 6) is 0.882. The van der Waals surface area contributed by atoms with Gasteiger partial charge in [0, 0.05) is 0 Å². The third-order valence-corrected chi connectivity index (χ3v) is 4.57. The SMILES string of the molecule is C=C(C)OC(CCCCCCC)CCCCCCC.CN.Cc1ccccc1. The fourth-order valence-corrected chi connectivity index (χ4v) is 3.03. The van der Waals surface area contributed by atoms with Gasteiger partial charge in [-0.15, -0.1) is 0 Å². The second kappa shape index (κ2) is 23.8. The van der Waals surface area contributed by atoms with Gasteiger partial charge in [-0.2, -0.15) is 0 Å². The smallest absolute Gasteiger partial charge is 0.0982 e. The molecular weight excluding hydrogens is 342 g/mol. The molecule has 0 saturated carbocycles. The van der Waals surface area contributed by atoms with Gasteiger partial charge in [0.2, 0.25) is 0 Å². The Bertz CT molecular complexity index is 402. The first kappa shape index (κ1) is 28.9. The van der Waals surface area contributed by atoms with Crippen molar-refractivity contribution in [3.05, 3.63) is 48.2 Å². The molecule has 0 bridgehead atoms. The van der Waals surface area contributed by atoms with Crippen molar-refractivity contribution in [3.8, 4) is 0 Å². The fraction of sp³-hybridized carbons (Fsp3) is 0.692. The maximum Gasteiger partial charge on any atom is 0.0982 e. The van der Waals surface area contributed by atoms with Crippen molar-refractivity contribution >= 4 is 0 Å². The summed E-state index contributed by atoms with van der Waals surface area (Å²) in [6, 6.07) is 10.3. The highest BCUT2D eigenvalue weighted by atomic mass is 16.5. The van der Waals surface area contributed by atoms with Crippen LogP contribution < -0.4 is 5.73 Å². The molecule has 0 saturated heterocycles. The Morgan fingerprint density at radius 2 is 1.25 bits per heavy atom. The van der Waals surface area contributed by atoms with Gasteiger partial charge in [-0.1, -0.05) is 108 Å². The van der Waals surface area contributed by atoms with Crippen LogP contribution in [0.3, 0.4) is 0 Å². The summed E-state index contributed by atoms with van der Waals surface area (Å²) in [7, 11) is 1.50. The number of hydrogen-bond donors (Lipinski definition) is 1. The van der Waals surface area contributed by atoms with Crippen molar-refractivity contribution in [2.45, 2.75) is 111 Å². The fourth-order valence-electron chi connectivity index (χ4n) is 3.03. The number of nitrogens with two attached hydrogens (primary N) is 1. The van der Waals surface area contributed by atoms with E-state index in [1.807, 2.05) is 25.1 Å². The molecule has 0 spiro atoms. The lowest BCUT2D eigenvalue weighted by atomic mass is 10.0. The topological polar surface area (TPSA) is 35.2 Å². The predicted molar refractivity (Wildman–Crippen MR) is 128 cm³/mol. The molecule has 1 aromatic carbocycles. The Labute approximate surface area is 177 Å². The number of hydrogen-bond acceptors (Lipinski definition) is 2. The first-order valence-corrected chi connectivity index (χ1v) is 11.5. The molecule has 0 aliphatic heterocycles. The lowest BCUT2D eigenvalue weighted by Crippen LogP contribution is -2.11. The van der Waals surface area contributed by atoms with E-state index in [1.54, 1.807) is 0 Å². The van der Waals surface area contributed by atoms with Crippen molar-refractivity contribution < 1.29 is 4.74 Å². The molecule has 0 aliphatic rings. The number of unbranched alkanes of at least 4 members (excludes halogenated alkanes) is 8. The summed E-state index contributed by atoms with van der Waals surface area (Å²) in [5.41, 5.74) is 5.82. The first-order valence-electron chi connectivity index (χ1n) is 11.5. The lowest BCUT2D eigenvalue weighted by Gasteiger charge is -2.19. The number of allylic oxidation sites excluding steroid dienone is 1. The van der Waals surface area contributed by atoms with Crippen molar-refractivity contribution in [2.75, 3.05) is 7.05 Å². The van der Waals surface area contributed by atoms with Gasteiger partial charge in [0.15, 0.2) is 0 Å². The summed E-state index contributed by atoms with van der Waals surface area (Å²) >= 11 is 0. The van der Waals surface area contributed by atoms with Crippen molar-refractivity contribution in [2.24, 2.45) is 5.73 Å². The van der Waals surface area contributed by atoms with Crippen LogP contribution in [0.4, 0.5) is 0 Å². The molecular formula is C26H49NO. The highest BCUT2D eigenvalue weighted by Crippen LogP contribution is 2.18. The van der Waals surface area contributed by atoms with Crippen LogP contribution >= 0.6 is 0 Å². The minimum absolute atomic E-state index is 0.417.